The van der Waals surface area contributed by atoms with Crippen LogP contribution in [-0.4, -0.2) is 68.7 Å². The molecule has 10 heteroatoms. The zero-order valence-electron chi connectivity index (χ0n) is 24.7. The van der Waals surface area contributed by atoms with Crippen LogP contribution in [0.1, 0.15) is 64.4 Å². The lowest BCUT2D eigenvalue weighted by Gasteiger charge is -2.59. The number of Topliss-reactive ketones (excluding diaryl/α,β-unsaturated/α-hetero) is 1. The van der Waals surface area contributed by atoms with E-state index in [-0.39, 0.29) is 73.2 Å². The zero-order chi connectivity index (χ0) is 31.2. The topological polar surface area (TPSA) is 170 Å². The molecule has 1 aromatic carbocycles. The van der Waals surface area contributed by atoms with Crippen LogP contribution in [0.2, 0.25) is 0 Å². The first-order valence-corrected chi connectivity index (χ1v) is 15.1. The summed E-state index contributed by atoms with van der Waals surface area (Å²) in [6.45, 7) is 3.59. The van der Waals surface area contributed by atoms with Crippen molar-refractivity contribution < 1.29 is 44.3 Å². The number of aromatic hydroxyl groups is 2. The molecule has 1 aromatic rings. The summed E-state index contributed by atoms with van der Waals surface area (Å²) < 4.78 is 5.19. The molecule has 3 fully saturated rings. The third-order valence-corrected chi connectivity index (χ3v) is 10.8. The first kappa shape index (κ1) is 30.9. The van der Waals surface area contributed by atoms with E-state index in [2.05, 4.69) is 12.2 Å². The number of aliphatic hydroxyl groups excluding tert-OH is 1. The Morgan fingerprint density at radius 3 is 2.60 bits per heavy atom. The molecule has 0 aromatic heterocycles. The highest BCUT2D eigenvalue weighted by atomic mass is 16.5. The van der Waals surface area contributed by atoms with Crippen molar-refractivity contribution >= 4 is 23.4 Å². The molecule has 0 aliphatic heterocycles. The predicted molar refractivity (Wildman–Crippen MR) is 155 cm³/mol. The molecule has 0 radical (unpaired) electrons. The Morgan fingerprint density at radius 1 is 1.09 bits per heavy atom. The molecule has 4 aliphatic carbocycles. The number of esters is 1. The minimum absolute atomic E-state index is 0.0100. The van der Waals surface area contributed by atoms with E-state index in [1.165, 1.54) is 12.1 Å². The molecule has 7 atom stereocenters. The van der Waals surface area contributed by atoms with E-state index in [9.17, 15) is 39.6 Å². The number of fused-ring (bicyclic) bond motifs is 5. The monoisotopic (exact) mass is 595 g/mol. The van der Waals surface area contributed by atoms with E-state index < -0.39 is 40.9 Å². The Kier molecular flexibility index (Phi) is 8.30. The molecule has 0 heterocycles. The average Bonchev–Trinajstić information content (AvgIpc) is 3.23. The lowest BCUT2D eigenvalue weighted by molar-refractivity contribution is -0.181. The molecule has 0 spiro atoms. The number of nitrogens with one attached hydrogen (secondary N) is 1. The summed E-state index contributed by atoms with van der Waals surface area (Å²) in [5, 5.41) is 44.9. The van der Waals surface area contributed by atoms with Gasteiger partial charge >= 0.3 is 5.97 Å². The number of benzene rings is 1. The second-order valence-electron chi connectivity index (χ2n) is 13.1. The quantitative estimate of drug-likeness (QED) is 0.213. The molecule has 5 N–H and O–H groups in total. The SMILES string of the molecule is C[C@]12C=CC(=O)C=C1CC[C@@H]1[C@H]2[C@@H](O)C[C@@]2(C)[C@H]1CC[C@]2(O)C(=O)COC(=O)CCC(=O)NCCc1ccc(O)c(O)c1. The van der Waals surface area contributed by atoms with Crippen molar-refractivity contribution in [1.29, 1.82) is 0 Å². The van der Waals surface area contributed by atoms with Crippen molar-refractivity contribution in [3.63, 3.8) is 0 Å². The fourth-order valence-electron chi connectivity index (χ4n) is 8.50. The lowest BCUT2D eigenvalue weighted by Crippen LogP contribution is -2.61. The number of carbonyl (C=O) groups is 4. The Hall–Kier alpha value is -3.50. The minimum Gasteiger partial charge on any atom is -0.504 e. The van der Waals surface area contributed by atoms with E-state index in [4.69, 9.17) is 4.74 Å². The molecule has 3 saturated carbocycles. The van der Waals surface area contributed by atoms with E-state index >= 15 is 0 Å². The molecule has 0 bridgehead atoms. The molecular formula is C33H41NO9. The van der Waals surface area contributed by atoms with Crippen molar-refractivity contribution in [2.75, 3.05) is 13.2 Å². The van der Waals surface area contributed by atoms with Crippen LogP contribution in [0.15, 0.2) is 42.0 Å². The van der Waals surface area contributed by atoms with Crippen molar-refractivity contribution in [2.45, 2.75) is 76.9 Å². The van der Waals surface area contributed by atoms with E-state index in [1.807, 2.05) is 13.0 Å². The number of hydrogen-bond acceptors (Lipinski definition) is 9. The van der Waals surface area contributed by atoms with Gasteiger partial charge in [-0.1, -0.05) is 31.6 Å². The van der Waals surface area contributed by atoms with Crippen molar-refractivity contribution in [1.82, 2.24) is 5.32 Å². The van der Waals surface area contributed by atoms with Gasteiger partial charge in [0.05, 0.1) is 12.5 Å². The van der Waals surface area contributed by atoms with Crippen molar-refractivity contribution in [3.05, 3.63) is 47.6 Å². The van der Waals surface area contributed by atoms with E-state index in [0.717, 1.165) is 24.0 Å². The summed E-state index contributed by atoms with van der Waals surface area (Å²) in [4.78, 5) is 50.0. The minimum atomic E-state index is -1.75. The number of amides is 1. The van der Waals surface area contributed by atoms with Gasteiger partial charge in [0.15, 0.2) is 23.9 Å². The third-order valence-electron chi connectivity index (χ3n) is 10.8. The number of phenols is 2. The van der Waals surface area contributed by atoms with Crippen LogP contribution in [0.4, 0.5) is 0 Å². The van der Waals surface area contributed by atoms with Crippen LogP contribution in [-0.2, 0) is 30.3 Å². The molecule has 43 heavy (non-hydrogen) atoms. The number of allylic oxidation sites excluding steroid dienone is 4. The second-order valence-corrected chi connectivity index (χ2v) is 13.1. The van der Waals surface area contributed by atoms with Gasteiger partial charge in [0.1, 0.15) is 5.60 Å². The summed E-state index contributed by atoms with van der Waals surface area (Å²) in [7, 11) is 0. The van der Waals surface area contributed by atoms with Crippen LogP contribution in [0.5, 0.6) is 11.5 Å². The summed E-state index contributed by atoms with van der Waals surface area (Å²) in [5.41, 5.74) is -1.34. The first-order valence-electron chi connectivity index (χ1n) is 15.1. The van der Waals surface area contributed by atoms with Crippen molar-refractivity contribution in [2.24, 2.45) is 28.6 Å². The normalized spacial score (nSPS) is 34.4. The molecular weight excluding hydrogens is 554 g/mol. The van der Waals surface area contributed by atoms with E-state index in [1.54, 1.807) is 18.2 Å². The van der Waals surface area contributed by atoms with Gasteiger partial charge in [-0.3, -0.25) is 19.2 Å². The largest absolute Gasteiger partial charge is 0.504 e. The molecule has 0 saturated heterocycles. The Balaban J connectivity index is 1.13. The molecule has 5 rings (SSSR count). The Bertz CT molecular complexity index is 1380. The molecule has 232 valence electrons. The average molecular weight is 596 g/mol. The zero-order valence-corrected chi connectivity index (χ0v) is 24.7. The maximum atomic E-state index is 13.4. The van der Waals surface area contributed by atoms with Crippen LogP contribution < -0.4 is 5.32 Å². The number of ketones is 2. The summed E-state index contributed by atoms with van der Waals surface area (Å²) in [6.07, 6.45) is 7.00. The highest BCUT2D eigenvalue weighted by Crippen LogP contribution is 2.67. The smallest absolute Gasteiger partial charge is 0.306 e. The number of aliphatic hydroxyl groups is 2. The fraction of sp³-hybridized carbons (Fsp3) is 0.576. The van der Waals surface area contributed by atoms with Gasteiger partial charge in [-0.2, -0.15) is 0 Å². The highest BCUT2D eigenvalue weighted by Gasteiger charge is 2.68. The maximum Gasteiger partial charge on any atom is 0.306 e. The van der Waals surface area contributed by atoms with Gasteiger partial charge in [0.2, 0.25) is 11.7 Å². The summed E-state index contributed by atoms with van der Waals surface area (Å²) in [6, 6.07) is 4.40. The number of ether oxygens (including phenoxy) is 1. The number of rotatable bonds is 9. The maximum absolute atomic E-state index is 13.4. The number of phenolic OH excluding ortho intramolecular Hbond substituents is 2. The standard InChI is InChI=1S/C33H41NO9/c1-31-12-9-21(35)16-20(31)4-5-22-23-10-13-33(42,32(23,2)17-26(38)30(22)31)27(39)18-43-29(41)8-7-28(40)34-14-11-19-3-6-24(36)25(37)15-19/h3,6,9,12,15-16,22-23,26,30,36-38,42H,4-5,7-8,10-11,13-14,17-18H2,1-2H3,(H,34,40)/t22-,23-,26-,30-,31-,32-,33-/m0/s1. The van der Waals surface area contributed by atoms with Gasteiger partial charge in [-0.25, -0.2) is 0 Å². The van der Waals surface area contributed by atoms with Crippen LogP contribution in [0, 0.1) is 28.6 Å². The number of hydrogen-bond donors (Lipinski definition) is 5. The molecule has 4 aliphatic rings. The van der Waals surface area contributed by atoms with Gasteiger partial charge in [-0.05, 0) is 80.2 Å². The molecule has 1 amide bonds. The third kappa shape index (κ3) is 5.51. The Morgan fingerprint density at radius 2 is 1.86 bits per heavy atom. The molecule has 10 nitrogen and oxygen atoms in total. The Labute approximate surface area is 250 Å². The highest BCUT2D eigenvalue weighted by molar-refractivity contribution is 6.01. The van der Waals surface area contributed by atoms with Crippen LogP contribution >= 0.6 is 0 Å². The van der Waals surface area contributed by atoms with Crippen LogP contribution in [0.25, 0.3) is 0 Å². The van der Waals surface area contributed by atoms with Crippen LogP contribution in [0.3, 0.4) is 0 Å². The first-order chi connectivity index (χ1) is 20.3. The predicted octanol–water partition coefficient (Wildman–Crippen LogP) is 2.66. The van der Waals surface area contributed by atoms with Gasteiger partial charge in [0, 0.05) is 29.7 Å². The van der Waals surface area contributed by atoms with Crippen molar-refractivity contribution in [3.8, 4) is 11.5 Å². The van der Waals surface area contributed by atoms with Gasteiger partial charge < -0.3 is 30.5 Å². The van der Waals surface area contributed by atoms with Gasteiger partial charge in [0.25, 0.3) is 0 Å². The lowest BCUT2D eigenvalue weighted by atomic mass is 9.46. The van der Waals surface area contributed by atoms with E-state index in [0.29, 0.717) is 12.8 Å². The fourth-order valence-corrected chi connectivity index (χ4v) is 8.50. The van der Waals surface area contributed by atoms with Gasteiger partial charge in [-0.15, -0.1) is 0 Å². The second kappa shape index (κ2) is 11.5. The molecule has 0 unspecified atom stereocenters. The summed E-state index contributed by atoms with van der Waals surface area (Å²) in [5.74, 6) is -2.27. The summed E-state index contributed by atoms with van der Waals surface area (Å²) >= 11 is 0. The number of carbonyl (C=O) groups excluding carboxylic acids is 4.